The zero-order valence-corrected chi connectivity index (χ0v) is 14.3. The second-order valence-corrected chi connectivity index (χ2v) is 6.60. The van der Waals surface area contributed by atoms with Gasteiger partial charge >= 0.3 is 0 Å². The molecule has 2 amide bonds. The Kier molecular flexibility index (Phi) is 5.24. The minimum absolute atomic E-state index is 0.130. The molecule has 0 radical (unpaired) electrons. The van der Waals surface area contributed by atoms with Crippen LogP contribution in [0.3, 0.4) is 0 Å². The lowest BCUT2D eigenvalue weighted by Gasteiger charge is -2.21. The van der Waals surface area contributed by atoms with Crippen LogP contribution in [0.15, 0.2) is 52.8 Å². The molecule has 2 aromatic rings. The number of amides is 2. The second-order valence-electron chi connectivity index (χ2n) is 6.60. The first-order chi connectivity index (χ1) is 11.2. The van der Waals surface area contributed by atoms with Crippen molar-refractivity contribution < 1.29 is 14.0 Å². The topological polar surface area (TPSA) is 71.3 Å². The van der Waals surface area contributed by atoms with Crippen LogP contribution in [0.1, 0.15) is 42.5 Å². The predicted molar refractivity (Wildman–Crippen MR) is 93.2 cm³/mol. The van der Waals surface area contributed by atoms with Crippen molar-refractivity contribution in [2.24, 2.45) is 0 Å². The molecular formula is C19H22N2O3. The Balaban J connectivity index is 2.24. The second kappa shape index (κ2) is 7.17. The molecule has 2 N–H and O–H groups in total. The molecule has 0 saturated carbocycles. The zero-order valence-electron chi connectivity index (χ0n) is 14.3. The Morgan fingerprint density at radius 1 is 1.08 bits per heavy atom. The fourth-order valence-corrected chi connectivity index (χ4v) is 1.98. The number of rotatable bonds is 4. The SMILES string of the molecule is Cc1ccc(C(=O)N/C(=C/c2ccco2)C(=O)NC(C)(C)C)cc1. The van der Waals surface area contributed by atoms with Crippen molar-refractivity contribution in [3.8, 4) is 0 Å². The van der Waals surface area contributed by atoms with Crippen molar-refractivity contribution in [2.75, 3.05) is 0 Å². The van der Waals surface area contributed by atoms with E-state index in [1.165, 1.54) is 12.3 Å². The lowest BCUT2D eigenvalue weighted by molar-refractivity contribution is -0.119. The van der Waals surface area contributed by atoms with Crippen LogP contribution in [0.2, 0.25) is 0 Å². The molecule has 24 heavy (non-hydrogen) atoms. The monoisotopic (exact) mass is 326 g/mol. The first-order valence-corrected chi connectivity index (χ1v) is 7.70. The van der Waals surface area contributed by atoms with Gasteiger partial charge in [0, 0.05) is 17.2 Å². The van der Waals surface area contributed by atoms with Crippen LogP contribution in [0.25, 0.3) is 6.08 Å². The smallest absolute Gasteiger partial charge is 0.268 e. The Labute approximate surface area is 141 Å². The van der Waals surface area contributed by atoms with Gasteiger partial charge in [-0.3, -0.25) is 9.59 Å². The fourth-order valence-electron chi connectivity index (χ4n) is 1.98. The third-order valence-electron chi connectivity index (χ3n) is 3.12. The number of carbonyl (C=O) groups excluding carboxylic acids is 2. The van der Waals surface area contributed by atoms with Crippen LogP contribution in [-0.2, 0) is 4.79 Å². The van der Waals surface area contributed by atoms with Crippen molar-refractivity contribution in [1.82, 2.24) is 10.6 Å². The summed E-state index contributed by atoms with van der Waals surface area (Å²) in [7, 11) is 0. The molecule has 0 saturated heterocycles. The summed E-state index contributed by atoms with van der Waals surface area (Å²) < 4.78 is 5.24. The van der Waals surface area contributed by atoms with Gasteiger partial charge in [0.05, 0.1) is 6.26 Å². The number of furan rings is 1. The molecule has 0 spiro atoms. The summed E-state index contributed by atoms with van der Waals surface area (Å²) >= 11 is 0. The van der Waals surface area contributed by atoms with E-state index in [1.807, 2.05) is 39.8 Å². The normalized spacial score (nSPS) is 11.9. The average Bonchev–Trinajstić information content (AvgIpc) is 2.98. The third kappa shape index (κ3) is 5.12. The average molecular weight is 326 g/mol. The molecular weight excluding hydrogens is 304 g/mol. The van der Waals surface area contributed by atoms with E-state index in [-0.39, 0.29) is 17.5 Å². The summed E-state index contributed by atoms with van der Waals surface area (Å²) in [5.41, 5.74) is 1.25. The van der Waals surface area contributed by atoms with Crippen LogP contribution >= 0.6 is 0 Å². The molecule has 2 rings (SSSR count). The molecule has 0 aliphatic heterocycles. The summed E-state index contributed by atoms with van der Waals surface area (Å²) in [6, 6.07) is 10.6. The molecule has 0 bridgehead atoms. The molecule has 1 heterocycles. The van der Waals surface area contributed by atoms with Crippen LogP contribution in [0, 0.1) is 6.92 Å². The molecule has 1 aromatic heterocycles. The number of hydrogen-bond acceptors (Lipinski definition) is 3. The van der Waals surface area contributed by atoms with Crippen molar-refractivity contribution in [3.05, 3.63) is 65.2 Å². The highest BCUT2D eigenvalue weighted by molar-refractivity contribution is 6.05. The Morgan fingerprint density at radius 2 is 1.75 bits per heavy atom. The largest absolute Gasteiger partial charge is 0.465 e. The van der Waals surface area contributed by atoms with Gasteiger partial charge in [-0.2, -0.15) is 0 Å². The van der Waals surface area contributed by atoms with Crippen LogP contribution in [-0.4, -0.2) is 17.4 Å². The Morgan fingerprint density at radius 3 is 2.29 bits per heavy atom. The van der Waals surface area contributed by atoms with E-state index in [2.05, 4.69) is 10.6 Å². The van der Waals surface area contributed by atoms with E-state index in [4.69, 9.17) is 4.42 Å². The molecule has 0 fully saturated rings. The molecule has 126 valence electrons. The van der Waals surface area contributed by atoms with E-state index in [0.29, 0.717) is 11.3 Å². The first kappa shape index (κ1) is 17.5. The Hall–Kier alpha value is -2.82. The van der Waals surface area contributed by atoms with Crippen molar-refractivity contribution >= 4 is 17.9 Å². The molecule has 1 aromatic carbocycles. The van der Waals surface area contributed by atoms with Gasteiger partial charge in [0.15, 0.2) is 0 Å². The zero-order chi connectivity index (χ0) is 17.7. The minimum Gasteiger partial charge on any atom is -0.465 e. The predicted octanol–water partition coefficient (Wildman–Crippen LogP) is 3.27. The van der Waals surface area contributed by atoms with E-state index in [0.717, 1.165) is 5.56 Å². The van der Waals surface area contributed by atoms with Gasteiger partial charge in [0.25, 0.3) is 11.8 Å². The molecule has 0 aliphatic carbocycles. The third-order valence-corrected chi connectivity index (χ3v) is 3.12. The minimum atomic E-state index is -0.423. The number of carbonyl (C=O) groups is 2. The highest BCUT2D eigenvalue weighted by atomic mass is 16.3. The molecule has 0 atom stereocenters. The first-order valence-electron chi connectivity index (χ1n) is 7.70. The van der Waals surface area contributed by atoms with Crippen LogP contribution < -0.4 is 10.6 Å². The maximum atomic E-state index is 12.5. The van der Waals surface area contributed by atoms with E-state index >= 15 is 0 Å². The summed E-state index contributed by atoms with van der Waals surface area (Å²) in [5.74, 6) is -0.241. The van der Waals surface area contributed by atoms with Gasteiger partial charge < -0.3 is 15.1 Å². The van der Waals surface area contributed by atoms with Crippen LogP contribution in [0.4, 0.5) is 0 Å². The van der Waals surface area contributed by atoms with Crippen molar-refractivity contribution in [1.29, 1.82) is 0 Å². The summed E-state index contributed by atoms with van der Waals surface area (Å²) in [4.78, 5) is 24.9. The number of hydrogen-bond donors (Lipinski definition) is 2. The number of aryl methyl sites for hydroxylation is 1. The number of nitrogens with one attached hydrogen (secondary N) is 2. The van der Waals surface area contributed by atoms with Crippen LogP contribution in [0.5, 0.6) is 0 Å². The maximum Gasteiger partial charge on any atom is 0.268 e. The number of benzene rings is 1. The van der Waals surface area contributed by atoms with Gasteiger partial charge in [-0.15, -0.1) is 0 Å². The standard InChI is InChI=1S/C19H22N2O3/c1-13-7-9-14(10-8-13)17(22)20-16(12-15-6-5-11-24-15)18(23)21-19(2,3)4/h5-12H,1-4H3,(H,20,22)(H,21,23)/b16-12+. The van der Waals surface area contributed by atoms with Gasteiger partial charge in [-0.25, -0.2) is 0 Å². The molecule has 0 unspecified atom stereocenters. The molecule has 5 heteroatoms. The summed E-state index contributed by atoms with van der Waals surface area (Å²) in [5, 5.41) is 5.50. The van der Waals surface area contributed by atoms with E-state index in [1.54, 1.807) is 24.3 Å². The van der Waals surface area contributed by atoms with E-state index in [9.17, 15) is 9.59 Å². The highest BCUT2D eigenvalue weighted by Gasteiger charge is 2.20. The quantitative estimate of drug-likeness (QED) is 0.847. The lowest BCUT2D eigenvalue weighted by Crippen LogP contribution is -2.44. The molecule has 5 nitrogen and oxygen atoms in total. The van der Waals surface area contributed by atoms with E-state index < -0.39 is 5.54 Å². The Bertz CT molecular complexity index is 736. The summed E-state index contributed by atoms with van der Waals surface area (Å²) in [6.07, 6.45) is 3.01. The van der Waals surface area contributed by atoms with Gasteiger partial charge in [0.1, 0.15) is 11.5 Å². The van der Waals surface area contributed by atoms with Gasteiger partial charge in [-0.05, 0) is 52.0 Å². The van der Waals surface area contributed by atoms with Crippen molar-refractivity contribution in [2.45, 2.75) is 33.2 Å². The van der Waals surface area contributed by atoms with Gasteiger partial charge in [-0.1, -0.05) is 17.7 Å². The fraction of sp³-hybridized carbons (Fsp3) is 0.263. The maximum absolute atomic E-state index is 12.5. The molecule has 0 aliphatic rings. The highest BCUT2D eigenvalue weighted by Crippen LogP contribution is 2.10. The van der Waals surface area contributed by atoms with Gasteiger partial charge in [0.2, 0.25) is 0 Å². The lowest BCUT2D eigenvalue weighted by atomic mass is 10.1. The summed E-state index contributed by atoms with van der Waals surface area (Å²) in [6.45, 7) is 7.56. The van der Waals surface area contributed by atoms with Crippen molar-refractivity contribution in [3.63, 3.8) is 0 Å².